The number of carbonyl (C=O) groups is 1. The van der Waals surface area contributed by atoms with Crippen molar-refractivity contribution in [2.45, 2.75) is 12.5 Å². The molecule has 0 radical (unpaired) electrons. The van der Waals surface area contributed by atoms with Crippen molar-refractivity contribution in [2.24, 2.45) is 0 Å². The minimum absolute atomic E-state index is 0.104. The zero-order chi connectivity index (χ0) is 25.9. The maximum absolute atomic E-state index is 13.7. The molecular formula is C29H29N3O5. The Labute approximate surface area is 215 Å². The monoisotopic (exact) mass is 499 g/mol. The summed E-state index contributed by atoms with van der Waals surface area (Å²) in [5, 5.41) is 7.56. The van der Waals surface area contributed by atoms with E-state index >= 15 is 0 Å². The van der Waals surface area contributed by atoms with E-state index < -0.39 is 6.04 Å². The molecule has 3 aromatic carbocycles. The molecule has 1 N–H and O–H groups in total. The lowest BCUT2D eigenvalue weighted by Gasteiger charge is -2.28. The smallest absolute Gasteiger partial charge is 0.273 e. The average molecular weight is 500 g/mol. The van der Waals surface area contributed by atoms with Crippen LogP contribution in [0.15, 0.2) is 66.7 Å². The summed E-state index contributed by atoms with van der Waals surface area (Å²) in [5.74, 6) is 2.53. The number of benzene rings is 3. The van der Waals surface area contributed by atoms with E-state index in [1.54, 1.807) is 28.4 Å². The molecule has 0 bridgehead atoms. The van der Waals surface area contributed by atoms with Gasteiger partial charge in [0.05, 0.1) is 40.2 Å². The van der Waals surface area contributed by atoms with Crippen LogP contribution in [0.4, 0.5) is 0 Å². The highest BCUT2D eigenvalue weighted by atomic mass is 16.5. The molecule has 1 unspecified atom stereocenters. The van der Waals surface area contributed by atoms with Gasteiger partial charge in [0.15, 0.2) is 11.5 Å². The van der Waals surface area contributed by atoms with Crippen molar-refractivity contribution in [1.82, 2.24) is 15.1 Å². The summed E-state index contributed by atoms with van der Waals surface area (Å²) >= 11 is 0. The highest BCUT2D eigenvalue weighted by Crippen LogP contribution is 2.46. The highest BCUT2D eigenvalue weighted by molar-refractivity contribution is 6.00. The van der Waals surface area contributed by atoms with Gasteiger partial charge >= 0.3 is 0 Å². The van der Waals surface area contributed by atoms with Crippen molar-refractivity contribution < 1.29 is 23.7 Å². The molecule has 37 heavy (non-hydrogen) atoms. The first-order valence-corrected chi connectivity index (χ1v) is 12.0. The molecule has 1 atom stereocenters. The Morgan fingerprint density at radius 2 is 1.59 bits per heavy atom. The van der Waals surface area contributed by atoms with Crippen LogP contribution in [0.2, 0.25) is 0 Å². The highest BCUT2D eigenvalue weighted by Gasteiger charge is 2.43. The van der Waals surface area contributed by atoms with Crippen LogP contribution in [0.3, 0.4) is 0 Å². The SMILES string of the molecule is COc1ccc(C2c3c(-c4ccccc4)n[nH]c3C(=O)N2CCc2ccc(OC)c(OC)c2)c(OC)c1. The van der Waals surface area contributed by atoms with E-state index in [2.05, 4.69) is 10.2 Å². The number of amides is 1. The predicted molar refractivity (Wildman–Crippen MR) is 140 cm³/mol. The van der Waals surface area contributed by atoms with Gasteiger partial charge in [-0.1, -0.05) is 36.4 Å². The van der Waals surface area contributed by atoms with Crippen molar-refractivity contribution in [3.63, 3.8) is 0 Å². The number of hydrogen-bond acceptors (Lipinski definition) is 6. The topological polar surface area (TPSA) is 85.9 Å². The second-order valence-electron chi connectivity index (χ2n) is 8.68. The molecule has 1 aromatic heterocycles. The van der Waals surface area contributed by atoms with E-state index in [4.69, 9.17) is 18.9 Å². The number of nitrogens with zero attached hydrogens (tertiary/aromatic N) is 2. The second kappa shape index (κ2) is 10.3. The van der Waals surface area contributed by atoms with Gasteiger partial charge in [0, 0.05) is 29.3 Å². The number of methoxy groups -OCH3 is 4. The quantitative estimate of drug-likeness (QED) is 0.353. The second-order valence-corrected chi connectivity index (χ2v) is 8.68. The van der Waals surface area contributed by atoms with Gasteiger partial charge in [-0.15, -0.1) is 0 Å². The van der Waals surface area contributed by atoms with E-state index in [1.165, 1.54) is 0 Å². The molecule has 1 amide bonds. The van der Waals surface area contributed by atoms with E-state index in [1.807, 2.05) is 71.6 Å². The van der Waals surface area contributed by atoms with Gasteiger partial charge in [0.25, 0.3) is 5.91 Å². The standard InChI is InChI=1S/C29H29N3O5/c1-34-20-11-12-21(23(17-20)36-3)28-25-26(19-8-6-5-7-9-19)30-31-27(25)29(33)32(28)15-14-18-10-13-22(35-2)24(16-18)37-4/h5-13,16-17,28H,14-15H2,1-4H3,(H,30,31). The summed E-state index contributed by atoms with van der Waals surface area (Å²) in [4.78, 5) is 15.6. The Bertz CT molecular complexity index is 1420. The summed E-state index contributed by atoms with van der Waals surface area (Å²) in [5.41, 5.74) is 4.91. The Balaban J connectivity index is 1.57. The molecule has 0 aliphatic carbocycles. The van der Waals surface area contributed by atoms with Gasteiger partial charge in [-0.05, 0) is 36.2 Å². The number of aromatic nitrogens is 2. The summed E-state index contributed by atoms with van der Waals surface area (Å²) in [7, 11) is 6.46. The zero-order valence-electron chi connectivity index (χ0n) is 21.3. The summed E-state index contributed by atoms with van der Waals surface area (Å²) in [6, 6.07) is 21.0. The van der Waals surface area contributed by atoms with Crippen molar-refractivity contribution in [3.05, 3.63) is 89.1 Å². The van der Waals surface area contributed by atoms with Gasteiger partial charge < -0.3 is 23.8 Å². The van der Waals surface area contributed by atoms with E-state index in [0.29, 0.717) is 41.7 Å². The largest absolute Gasteiger partial charge is 0.497 e. The normalized spacial score (nSPS) is 14.4. The number of hydrogen-bond donors (Lipinski definition) is 1. The van der Waals surface area contributed by atoms with Crippen molar-refractivity contribution >= 4 is 5.91 Å². The fourth-order valence-corrected chi connectivity index (χ4v) is 4.90. The fraction of sp³-hybridized carbons (Fsp3) is 0.241. The first-order chi connectivity index (χ1) is 18.1. The van der Waals surface area contributed by atoms with Crippen molar-refractivity contribution in [1.29, 1.82) is 0 Å². The van der Waals surface area contributed by atoms with Gasteiger partial charge in [-0.3, -0.25) is 9.89 Å². The number of aromatic amines is 1. The molecule has 2 heterocycles. The van der Waals surface area contributed by atoms with Crippen LogP contribution in [-0.2, 0) is 6.42 Å². The van der Waals surface area contributed by atoms with Crippen LogP contribution in [0.25, 0.3) is 11.3 Å². The molecule has 5 rings (SSSR count). The summed E-state index contributed by atoms with van der Waals surface area (Å²) in [6.45, 7) is 0.477. The van der Waals surface area contributed by atoms with E-state index in [-0.39, 0.29) is 5.91 Å². The van der Waals surface area contributed by atoms with Crippen LogP contribution < -0.4 is 18.9 Å². The average Bonchev–Trinajstić information content (AvgIpc) is 3.50. The molecule has 0 saturated carbocycles. The first-order valence-electron chi connectivity index (χ1n) is 12.0. The van der Waals surface area contributed by atoms with Crippen LogP contribution in [0, 0.1) is 0 Å². The number of carbonyl (C=O) groups excluding carboxylic acids is 1. The zero-order valence-corrected chi connectivity index (χ0v) is 21.3. The van der Waals surface area contributed by atoms with Crippen LogP contribution >= 0.6 is 0 Å². The summed E-state index contributed by atoms with van der Waals surface area (Å²) < 4.78 is 22.0. The van der Waals surface area contributed by atoms with Gasteiger partial charge in [0.1, 0.15) is 17.2 Å². The molecule has 8 heteroatoms. The summed E-state index contributed by atoms with van der Waals surface area (Å²) in [6.07, 6.45) is 0.624. The minimum Gasteiger partial charge on any atom is -0.497 e. The van der Waals surface area contributed by atoms with E-state index in [9.17, 15) is 4.79 Å². The third-order valence-corrected chi connectivity index (χ3v) is 6.74. The number of rotatable bonds is 9. The predicted octanol–water partition coefficient (Wildman–Crippen LogP) is 4.90. The Hall–Kier alpha value is -4.46. The van der Waals surface area contributed by atoms with Gasteiger partial charge in [-0.2, -0.15) is 5.10 Å². The molecule has 0 fully saturated rings. The number of nitrogens with one attached hydrogen (secondary N) is 1. The fourth-order valence-electron chi connectivity index (χ4n) is 4.90. The Morgan fingerprint density at radius 3 is 2.30 bits per heavy atom. The molecule has 4 aromatic rings. The van der Waals surface area contributed by atoms with E-state index in [0.717, 1.165) is 27.9 Å². The molecular weight excluding hydrogens is 470 g/mol. The first kappa shape index (κ1) is 24.2. The van der Waals surface area contributed by atoms with Gasteiger partial charge in [0.2, 0.25) is 0 Å². The lowest BCUT2D eigenvalue weighted by Crippen LogP contribution is -2.31. The maximum Gasteiger partial charge on any atom is 0.273 e. The van der Waals surface area contributed by atoms with Crippen molar-refractivity contribution in [3.8, 4) is 34.3 Å². The lowest BCUT2D eigenvalue weighted by atomic mass is 9.95. The third-order valence-electron chi connectivity index (χ3n) is 6.74. The number of ether oxygens (including phenoxy) is 4. The minimum atomic E-state index is -0.391. The van der Waals surface area contributed by atoms with Crippen LogP contribution in [0.1, 0.15) is 33.2 Å². The molecule has 0 spiro atoms. The number of H-pyrrole nitrogens is 1. The molecule has 1 aliphatic rings. The van der Waals surface area contributed by atoms with Crippen molar-refractivity contribution in [2.75, 3.05) is 35.0 Å². The maximum atomic E-state index is 13.7. The molecule has 1 aliphatic heterocycles. The van der Waals surface area contributed by atoms with Crippen LogP contribution in [-0.4, -0.2) is 56.0 Å². The molecule has 190 valence electrons. The Kier molecular flexibility index (Phi) is 6.72. The lowest BCUT2D eigenvalue weighted by molar-refractivity contribution is 0.0744. The Morgan fingerprint density at radius 1 is 0.838 bits per heavy atom. The molecule has 8 nitrogen and oxygen atoms in total. The number of fused-ring (bicyclic) bond motifs is 1. The van der Waals surface area contributed by atoms with Gasteiger partial charge in [-0.25, -0.2) is 0 Å². The third kappa shape index (κ3) is 4.35. The van der Waals surface area contributed by atoms with Crippen LogP contribution in [0.5, 0.6) is 23.0 Å². The molecule has 0 saturated heterocycles.